The first kappa shape index (κ1) is 5.36. The lowest BCUT2D eigenvalue weighted by Crippen LogP contribution is -1.77. The summed E-state index contributed by atoms with van der Waals surface area (Å²) in [6.07, 6.45) is 3.16. The third-order valence-electron chi connectivity index (χ3n) is 0.468. The molecule has 0 unspecified atom stereocenters. The molecule has 5 heteroatoms. The molecule has 0 aliphatic carbocycles. The largest absolute Gasteiger partial charge is 0.222 e. The van der Waals surface area contributed by atoms with E-state index in [0.29, 0.717) is 0 Å². The number of halogens is 1. The topological polar surface area (TPSA) is 30.7 Å². The van der Waals surface area contributed by atoms with Crippen LogP contribution in [0.1, 0.15) is 0 Å². The van der Waals surface area contributed by atoms with Crippen molar-refractivity contribution in [3.63, 3.8) is 0 Å². The van der Waals surface area contributed by atoms with Crippen molar-refractivity contribution in [1.29, 1.82) is 0 Å². The van der Waals surface area contributed by atoms with Crippen LogP contribution in [0, 0.1) is 0 Å². The number of nitrogens with zero attached hydrogens (tertiary/aromatic N) is 3. The lowest BCUT2D eigenvalue weighted by molar-refractivity contribution is 1.02. The van der Waals surface area contributed by atoms with Crippen molar-refractivity contribution in [3.8, 4) is 0 Å². The molecule has 38 valence electrons. The highest BCUT2D eigenvalue weighted by molar-refractivity contribution is 14.2. The van der Waals surface area contributed by atoms with Crippen molar-refractivity contribution in [3.05, 3.63) is 12.7 Å². The average Bonchev–Trinajstić information content (AvgIpc) is 2.14. The van der Waals surface area contributed by atoms with Gasteiger partial charge in [0.1, 0.15) is 12.7 Å². The van der Waals surface area contributed by atoms with Gasteiger partial charge in [-0.05, 0) is 0 Å². The molecule has 0 aromatic carbocycles. The Morgan fingerprint density at radius 1 is 1.71 bits per heavy atom. The van der Waals surface area contributed by atoms with E-state index in [2.05, 4.69) is 31.3 Å². The SMILES string of the molecule is ISn1cncn1. The number of hydrogen-bond acceptors (Lipinski definition) is 3. The molecule has 1 aromatic rings. The van der Waals surface area contributed by atoms with Gasteiger partial charge in [-0.25, -0.2) is 4.98 Å². The van der Waals surface area contributed by atoms with Crippen molar-refractivity contribution in [2.75, 3.05) is 0 Å². The van der Waals surface area contributed by atoms with Crippen LogP contribution in [-0.4, -0.2) is 14.2 Å². The molecule has 0 aliphatic heterocycles. The minimum atomic E-state index is 1.49. The van der Waals surface area contributed by atoms with Gasteiger partial charge in [0, 0.05) is 30.3 Å². The molecule has 0 amide bonds. The van der Waals surface area contributed by atoms with Crippen molar-refractivity contribution in [1.82, 2.24) is 14.2 Å². The molecular weight excluding hydrogens is 225 g/mol. The van der Waals surface area contributed by atoms with Gasteiger partial charge < -0.3 is 0 Å². The summed E-state index contributed by atoms with van der Waals surface area (Å²) in [6.45, 7) is 0. The molecule has 0 atom stereocenters. The molecule has 1 heterocycles. The highest BCUT2D eigenvalue weighted by Gasteiger charge is 1.81. The van der Waals surface area contributed by atoms with Crippen LogP contribution in [0.5, 0.6) is 0 Å². The predicted molar refractivity (Wildman–Crippen MR) is 37.0 cm³/mol. The van der Waals surface area contributed by atoms with Gasteiger partial charge in [0.2, 0.25) is 0 Å². The van der Waals surface area contributed by atoms with E-state index in [0.717, 1.165) is 0 Å². The Bertz CT molecular complexity index is 127. The van der Waals surface area contributed by atoms with E-state index in [1.807, 2.05) is 0 Å². The van der Waals surface area contributed by atoms with E-state index in [1.54, 1.807) is 10.4 Å². The van der Waals surface area contributed by atoms with Crippen LogP contribution in [0.2, 0.25) is 0 Å². The second kappa shape index (κ2) is 2.51. The Balaban J connectivity index is 2.76. The zero-order chi connectivity index (χ0) is 5.11. The summed E-state index contributed by atoms with van der Waals surface area (Å²) < 4.78 is 1.67. The van der Waals surface area contributed by atoms with E-state index < -0.39 is 0 Å². The first-order valence-electron chi connectivity index (χ1n) is 1.57. The monoisotopic (exact) mass is 227 g/mol. The van der Waals surface area contributed by atoms with Crippen molar-refractivity contribution >= 4 is 30.3 Å². The number of rotatable bonds is 1. The first-order chi connectivity index (χ1) is 3.43. The third-order valence-corrected chi connectivity index (χ3v) is 2.01. The van der Waals surface area contributed by atoms with Crippen molar-refractivity contribution < 1.29 is 0 Å². The maximum absolute atomic E-state index is 3.80. The number of aromatic nitrogens is 3. The van der Waals surface area contributed by atoms with Crippen LogP contribution in [0.4, 0.5) is 0 Å². The second-order valence-electron chi connectivity index (χ2n) is 0.867. The minimum Gasteiger partial charge on any atom is -0.222 e. The van der Waals surface area contributed by atoms with Crippen LogP contribution in [-0.2, 0) is 0 Å². The molecule has 0 aliphatic rings. The zero-order valence-electron chi connectivity index (χ0n) is 3.28. The Kier molecular flexibility index (Phi) is 1.92. The quantitative estimate of drug-likeness (QED) is 0.673. The summed E-state index contributed by atoms with van der Waals surface area (Å²) in [6, 6.07) is 0. The van der Waals surface area contributed by atoms with E-state index in [1.165, 1.54) is 15.4 Å². The van der Waals surface area contributed by atoms with Gasteiger partial charge in [0.05, 0.1) is 0 Å². The molecule has 0 spiro atoms. The Morgan fingerprint density at radius 3 is 2.86 bits per heavy atom. The smallest absolute Gasteiger partial charge is 0.138 e. The molecule has 1 rings (SSSR count). The number of hydrogen-bond donors (Lipinski definition) is 0. The zero-order valence-corrected chi connectivity index (χ0v) is 6.26. The molecular formula is C2H2IN3S. The Hall–Kier alpha value is 0.220. The molecule has 0 saturated carbocycles. The van der Waals surface area contributed by atoms with Gasteiger partial charge in [0.15, 0.2) is 0 Å². The van der Waals surface area contributed by atoms with E-state index in [4.69, 9.17) is 0 Å². The standard InChI is InChI=1S/C2H2IN3S/c3-7-6-2-4-1-5-6/h1-2H. The van der Waals surface area contributed by atoms with Crippen LogP contribution in [0.15, 0.2) is 12.7 Å². The Morgan fingerprint density at radius 2 is 2.57 bits per heavy atom. The van der Waals surface area contributed by atoms with Crippen LogP contribution in [0.3, 0.4) is 0 Å². The average molecular weight is 227 g/mol. The lowest BCUT2D eigenvalue weighted by atomic mass is 11.3. The first-order valence-corrected chi connectivity index (χ1v) is 4.89. The lowest BCUT2D eigenvalue weighted by Gasteiger charge is -1.81. The molecule has 0 saturated heterocycles. The molecule has 0 bridgehead atoms. The summed E-state index contributed by atoms with van der Waals surface area (Å²) in [5.41, 5.74) is 0. The molecule has 3 nitrogen and oxygen atoms in total. The highest BCUT2D eigenvalue weighted by atomic mass is 127. The fourth-order valence-electron chi connectivity index (χ4n) is 0.233. The predicted octanol–water partition coefficient (Wildman–Crippen LogP) is 1.12. The third kappa shape index (κ3) is 1.30. The van der Waals surface area contributed by atoms with E-state index in [9.17, 15) is 0 Å². The maximum Gasteiger partial charge on any atom is 0.138 e. The van der Waals surface area contributed by atoms with Crippen molar-refractivity contribution in [2.24, 2.45) is 0 Å². The fourth-order valence-corrected chi connectivity index (χ4v) is 1.01. The highest BCUT2D eigenvalue weighted by Crippen LogP contribution is 2.10. The molecule has 0 N–H and O–H groups in total. The molecule has 0 radical (unpaired) electrons. The molecule has 1 aromatic heterocycles. The van der Waals surface area contributed by atoms with Crippen molar-refractivity contribution in [2.45, 2.75) is 0 Å². The van der Waals surface area contributed by atoms with Crippen LogP contribution >= 0.6 is 30.3 Å². The van der Waals surface area contributed by atoms with Gasteiger partial charge in [-0.1, -0.05) is 0 Å². The molecule has 0 fully saturated rings. The fraction of sp³-hybridized carbons (Fsp3) is 0. The normalized spacial score (nSPS) is 9.29. The van der Waals surface area contributed by atoms with Gasteiger partial charge in [-0.15, -0.1) is 5.10 Å². The van der Waals surface area contributed by atoms with Crippen LogP contribution in [0.25, 0.3) is 0 Å². The van der Waals surface area contributed by atoms with E-state index in [-0.39, 0.29) is 0 Å². The molecule has 7 heavy (non-hydrogen) atoms. The Labute approximate surface area is 57.2 Å². The maximum atomic E-state index is 3.80. The summed E-state index contributed by atoms with van der Waals surface area (Å²) in [7, 11) is 1.49. The van der Waals surface area contributed by atoms with Crippen LogP contribution < -0.4 is 0 Å². The van der Waals surface area contributed by atoms with E-state index >= 15 is 0 Å². The van der Waals surface area contributed by atoms with Gasteiger partial charge in [-0.2, -0.15) is 4.09 Å². The minimum absolute atomic E-state index is 1.49. The second-order valence-corrected chi connectivity index (χ2v) is 2.56. The van der Waals surface area contributed by atoms with Gasteiger partial charge >= 0.3 is 0 Å². The van der Waals surface area contributed by atoms with Gasteiger partial charge in [0.25, 0.3) is 0 Å². The summed E-state index contributed by atoms with van der Waals surface area (Å²) in [5, 5.41) is 3.80. The van der Waals surface area contributed by atoms with Gasteiger partial charge in [-0.3, -0.25) is 0 Å². The summed E-state index contributed by atoms with van der Waals surface area (Å²) in [4.78, 5) is 3.72. The summed E-state index contributed by atoms with van der Waals surface area (Å²) >= 11 is 2.13. The summed E-state index contributed by atoms with van der Waals surface area (Å²) in [5.74, 6) is 0.